The Labute approximate surface area is 70.6 Å². The molecular weight excluding hydrogens is 176 g/mol. The molecule has 2 aromatic heterocycles. The van der Waals surface area contributed by atoms with E-state index >= 15 is 0 Å². The molecule has 2 heterocycles. The summed E-state index contributed by atoms with van der Waals surface area (Å²) >= 11 is 0. The first kappa shape index (κ1) is 7.47. The average molecular weight is 180 g/mol. The molecule has 0 aliphatic heterocycles. The van der Waals surface area contributed by atoms with Crippen LogP contribution in [0.2, 0.25) is 0 Å². The zero-order chi connectivity index (χ0) is 9.42. The summed E-state index contributed by atoms with van der Waals surface area (Å²) in [6.45, 7) is 0. The minimum Gasteiger partial charge on any atom is -0.304 e. The van der Waals surface area contributed by atoms with E-state index in [4.69, 9.17) is 0 Å². The Bertz CT molecular complexity index is 526. The topological polar surface area (TPSA) is 105 Å². The molecule has 0 bridgehead atoms. The molecule has 0 saturated heterocycles. The third kappa shape index (κ3) is 1.06. The van der Waals surface area contributed by atoms with E-state index < -0.39 is 10.6 Å². The number of rotatable bonds is 1. The quantitative estimate of drug-likeness (QED) is 0.481. The highest BCUT2D eigenvalue weighted by Gasteiger charge is 2.13. The highest BCUT2D eigenvalue weighted by Crippen LogP contribution is 2.18. The Morgan fingerprint density at radius 2 is 2.15 bits per heavy atom. The van der Waals surface area contributed by atoms with Crippen LogP contribution < -0.4 is 5.69 Å². The van der Waals surface area contributed by atoms with Crippen LogP contribution in [-0.2, 0) is 0 Å². The van der Waals surface area contributed by atoms with E-state index in [0.29, 0.717) is 5.52 Å². The van der Waals surface area contributed by atoms with Gasteiger partial charge in [0.15, 0.2) is 0 Å². The third-order valence-electron chi connectivity index (χ3n) is 1.61. The maximum atomic E-state index is 10.8. The van der Waals surface area contributed by atoms with Crippen molar-refractivity contribution in [2.75, 3.05) is 0 Å². The van der Waals surface area contributed by atoms with Gasteiger partial charge in [-0.25, -0.2) is 4.79 Å². The summed E-state index contributed by atoms with van der Waals surface area (Å²) in [7, 11) is 0. The van der Waals surface area contributed by atoms with Gasteiger partial charge in [-0.2, -0.15) is 0 Å². The lowest BCUT2D eigenvalue weighted by Crippen LogP contribution is -1.99. The molecule has 2 N–H and O–H groups in total. The summed E-state index contributed by atoms with van der Waals surface area (Å²) in [5.41, 5.74) is -0.189. The van der Waals surface area contributed by atoms with Crippen molar-refractivity contribution >= 4 is 16.7 Å². The molecule has 2 aromatic rings. The lowest BCUT2D eigenvalue weighted by Gasteiger charge is -1.90. The number of aromatic nitrogens is 3. The first-order chi connectivity index (χ1) is 6.18. The summed E-state index contributed by atoms with van der Waals surface area (Å²) in [6, 6.07) is 0. The van der Waals surface area contributed by atoms with Gasteiger partial charge in [0.25, 0.3) is 0 Å². The maximum absolute atomic E-state index is 10.8. The molecule has 0 aliphatic rings. The van der Waals surface area contributed by atoms with Crippen molar-refractivity contribution in [3.8, 4) is 0 Å². The van der Waals surface area contributed by atoms with Gasteiger partial charge in [-0.05, 0) is 0 Å². The van der Waals surface area contributed by atoms with Crippen LogP contribution in [-0.4, -0.2) is 19.9 Å². The van der Waals surface area contributed by atoms with Crippen LogP contribution in [0.1, 0.15) is 0 Å². The largest absolute Gasteiger partial charge is 0.324 e. The van der Waals surface area contributed by atoms with Crippen molar-refractivity contribution in [2.24, 2.45) is 0 Å². The van der Waals surface area contributed by atoms with Crippen molar-refractivity contribution in [3.05, 3.63) is 33.0 Å². The molecule has 0 unspecified atom stereocenters. The fraction of sp³-hybridized carbons (Fsp3) is 0. The van der Waals surface area contributed by atoms with Gasteiger partial charge in [-0.15, -0.1) is 0 Å². The number of imidazole rings is 1. The second-order valence-electron chi connectivity index (χ2n) is 2.42. The SMILES string of the molecule is O=c1[nH]c2cncc([N+](=O)[O-])c2[nH]1. The number of nitrogens with zero attached hydrogens (tertiary/aromatic N) is 2. The van der Waals surface area contributed by atoms with Crippen LogP contribution in [0.3, 0.4) is 0 Å². The predicted molar refractivity (Wildman–Crippen MR) is 43.4 cm³/mol. The molecule has 66 valence electrons. The van der Waals surface area contributed by atoms with E-state index in [-0.39, 0.29) is 11.2 Å². The normalized spacial score (nSPS) is 10.5. The van der Waals surface area contributed by atoms with Crippen LogP contribution >= 0.6 is 0 Å². The van der Waals surface area contributed by atoms with Crippen molar-refractivity contribution in [1.82, 2.24) is 15.0 Å². The van der Waals surface area contributed by atoms with E-state index in [2.05, 4.69) is 15.0 Å². The highest BCUT2D eigenvalue weighted by molar-refractivity contribution is 5.82. The Hall–Kier alpha value is -2.18. The number of aromatic amines is 2. The molecule has 7 heteroatoms. The lowest BCUT2D eigenvalue weighted by molar-refractivity contribution is -0.383. The standard InChI is InChI=1S/C6H4N4O3/c11-6-8-3-1-7-2-4(10(12)13)5(3)9-6/h1-2H,(H2,8,9,11). The van der Waals surface area contributed by atoms with Crippen molar-refractivity contribution in [1.29, 1.82) is 0 Å². The van der Waals surface area contributed by atoms with E-state index in [1.54, 1.807) is 0 Å². The molecule has 0 amide bonds. The van der Waals surface area contributed by atoms with E-state index in [1.807, 2.05) is 0 Å². The Kier molecular flexibility index (Phi) is 1.38. The van der Waals surface area contributed by atoms with Crippen LogP contribution in [0.15, 0.2) is 17.2 Å². The number of hydrogen-bond donors (Lipinski definition) is 2. The maximum Gasteiger partial charge on any atom is 0.324 e. The molecule has 0 fully saturated rings. The minimum absolute atomic E-state index is 0.171. The van der Waals surface area contributed by atoms with Gasteiger partial charge in [0.1, 0.15) is 11.7 Å². The predicted octanol–water partition coefficient (Wildman–Crippen LogP) is 0.159. The average Bonchev–Trinajstić information content (AvgIpc) is 2.43. The zero-order valence-corrected chi connectivity index (χ0v) is 6.27. The fourth-order valence-corrected chi connectivity index (χ4v) is 1.08. The second-order valence-corrected chi connectivity index (χ2v) is 2.42. The van der Waals surface area contributed by atoms with Crippen molar-refractivity contribution in [2.45, 2.75) is 0 Å². The van der Waals surface area contributed by atoms with Gasteiger partial charge in [0.05, 0.1) is 16.6 Å². The molecule has 7 nitrogen and oxygen atoms in total. The summed E-state index contributed by atoms with van der Waals surface area (Å²) in [5, 5.41) is 10.5. The number of hydrogen-bond acceptors (Lipinski definition) is 4. The van der Waals surface area contributed by atoms with Gasteiger partial charge < -0.3 is 4.98 Å². The number of H-pyrrole nitrogens is 2. The molecule has 0 radical (unpaired) electrons. The molecule has 0 saturated carbocycles. The zero-order valence-electron chi connectivity index (χ0n) is 6.27. The summed E-state index contributed by atoms with van der Waals surface area (Å²) in [6.07, 6.45) is 2.44. The summed E-state index contributed by atoms with van der Waals surface area (Å²) < 4.78 is 0. The van der Waals surface area contributed by atoms with Gasteiger partial charge in [0.2, 0.25) is 0 Å². The van der Waals surface area contributed by atoms with Crippen LogP contribution in [0.25, 0.3) is 11.0 Å². The number of nitro groups is 1. The highest BCUT2D eigenvalue weighted by atomic mass is 16.6. The number of pyridine rings is 1. The van der Waals surface area contributed by atoms with Crippen LogP contribution in [0, 0.1) is 10.1 Å². The third-order valence-corrected chi connectivity index (χ3v) is 1.61. The fourth-order valence-electron chi connectivity index (χ4n) is 1.08. The first-order valence-electron chi connectivity index (χ1n) is 3.39. The van der Waals surface area contributed by atoms with Gasteiger partial charge >= 0.3 is 11.4 Å². The molecule has 0 aromatic carbocycles. The molecule has 13 heavy (non-hydrogen) atoms. The van der Waals surface area contributed by atoms with Crippen LogP contribution in [0.4, 0.5) is 5.69 Å². The molecule has 0 aliphatic carbocycles. The molecule has 0 atom stereocenters. The molecule has 2 rings (SSSR count). The van der Waals surface area contributed by atoms with Gasteiger partial charge in [-0.3, -0.25) is 20.1 Å². The Balaban J connectivity index is 2.90. The lowest BCUT2D eigenvalue weighted by atomic mass is 10.4. The monoisotopic (exact) mass is 180 g/mol. The smallest absolute Gasteiger partial charge is 0.304 e. The summed E-state index contributed by atoms with van der Waals surface area (Å²) in [5.74, 6) is 0. The second kappa shape index (κ2) is 2.41. The Morgan fingerprint density at radius 1 is 1.38 bits per heavy atom. The van der Waals surface area contributed by atoms with Crippen molar-refractivity contribution < 1.29 is 4.92 Å². The minimum atomic E-state index is -0.598. The Morgan fingerprint density at radius 3 is 2.85 bits per heavy atom. The van der Waals surface area contributed by atoms with Crippen molar-refractivity contribution in [3.63, 3.8) is 0 Å². The van der Waals surface area contributed by atoms with Crippen LogP contribution in [0.5, 0.6) is 0 Å². The van der Waals surface area contributed by atoms with Gasteiger partial charge in [-0.1, -0.05) is 0 Å². The van der Waals surface area contributed by atoms with E-state index in [0.717, 1.165) is 6.20 Å². The van der Waals surface area contributed by atoms with E-state index in [1.165, 1.54) is 6.20 Å². The van der Waals surface area contributed by atoms with Gasteiger partial charge in [0, 0.05) is 0 Å². The number of nitrogens with one attached hydrogen (secondary N) is 2. The first-order valence-corrected chi connectivity index (χ1v) is 3.39. The number of fused-ring (bicyclic) bond motifs is 1. The summed E-state index contributed by atoms with van der Waals surface area (Å²) in [4.78, 5) is 29.0. The molecule has 0 spiro atoms. The van der Waals surface area contributed by atoms with E-state index in [9.17, 15) is 14.9 Å². The molecular formula is C6H4N4O3.